The standard InChI is InChI=1S/C18H27N2Si/c1-13(2)17-16(21(5,6)7)12-20(4)18(19-17)15-11-9-8-10-14(15)3/h8-13H,1-7H3/q+1/i1D3,2D3,13D. The summed E-state index contributed by atoms with van der Waals surface area (Å²) in [7, 11) is -0.413. The number of hydrogen-bond acceptors (Lipinski definition) is 1. The van der Waals surface area contributed by atoms with Crippen LogP contribution in [-0.4, -0.2) is 13.1 Å². The van der Waals surface area contributed by atoms with Crippen LogP contribution < -0.4 is 9.75 Å². The molecule has 0 aliphatic carbocycles. The fraction of sp³-hybridized carbons (Fsp3) is 0.444. The van der Waals surface area contributed by atoms with Crippen molar-refractivity contribution in [3.05, 3.63) is 41.7 Å². The Morgan fingerprint density at radius 2 is 1.90 bits per heavy atom. The molecule has 2 rings (SSSR count). The number of hydrogen-bond donors (Lipinski definition) is 0. The normalized spacial score (nSPS) is 18.6. The van der Waals surface area contributed by atoms with Gasteiger partial charge < -0.3 is 0 Å². The predicted molar refractivity (Wildman–Crippen MR) is 92.7 cm³/mol. The summed E-state index contributed by atoms with van der Waals surface area (Å²) in [6.07, 6.45) is 1.76. The highest BCUT2D eigenvalue weighted by Crippen LogP contribution is 2.21. The number of benzene rings is 1. The summed E-state index contributed by atoms with van der Waals surface area (Å²) in [4.78, 5) is 4.56. The Bertz CT molecular complexity index is 869. The van der Waals surface area contributed by atoms with Crippen LogP contribution in [0.25, 0.3) is 11.4 Å². The van der Waals surface area contributed by atoms with Gasteiger partial charge in [0.05, 0.1) is 26.9 Å². The van der Waals surface area contributed by atoms with Crippen LogP contribution in [0.5, 0.6) is 0 Å². The van der Waals surface area contributed by atoms with E-state index in [2.05, 4.69) is 4.98 Å². The molecule has 0 aliphatic heterocycles. The van der Waals surface area contributed by atoms with Gasteiger partial charge in [-0.25, -0.2) is 4.57 Å². The van der Waals surface area contributed by atoms with Crippen LogP contribution in [0.4, 0.5) is 0 Å². The van der Waals surface area contributed by atoms with E-state index < -0.39 is 27.7 Å². The maximum atomic E-state index is 8.69. The molecule has 0 saturated heterocycles. The Balaban J connectivity index is 2.99. The van der Waals surface area contributed by atoms with E-state index in [1.54, 1.807) is 17.8 Å². The Kier molecular flexibility index (Phi) is 2.41. The first kappa shape index (κ1) is 8.84. The second-order valence-corrected chi connectivity index (χ2v) is 11.4. The van der Waals surface area contributed by atoms with Gasteiger partial charge in [0, 0.05) is 20.7 Å². The van der Waals surface area contributed by atoms with Gasteiger partial charge in [-0.3, -0.25) is 0 Å². The van der Waals surface area contributed by atoms with Gasteiger partial charge in [0.1, 0.15) is 0 Å². The van der Waals surface area contributed by atoms with Gasteiger partial charge >= 0.3 is 5.82 Å². The zero-order valence-electron chi connectivity index (χ0n) is 20.3. The van der Waals surface area contributed by atoms with Crippen molar-refractivity contribution in [2.45, 2.75) is 46.2 Å². The van der Waals surface area contributed by atoms with Crippen molar-refractivity contribution < 1.29 is 14.2 Å². The van der Waals surface area contributed by atoms with Crippen molar-refractivity contribution in [1.29, 1.82) is 0 Å². The summed E-state index contributed by atoms with van der Waals surface area (Å²) in [5.74, 6) is -2.37. The summed E-state index contributed by atoms with van der Waals surface area (Å²) >= 11 is 0. The lowest BCUT2D eigenvalue weighted by atomic mass is 10.1. The summed E-state index contributed by atoms with van der Waals surface area (Å²) in [6, 6.07) is 7.49. The molecule has 1 aromatic heterocycles. The van der Waals surface area contributed by atoms with Gasteiger partial charge in [-0.1, -0.05) is 51.5 Å². The molecule has 112 valence electrons. The van der Waals surface area contributed by atoms with Crippen LogP contribution >= 0.6 is 0 Å². The van der Waals surface area contributed by atoms with Crippen LogP contribution in [0, 0.1) is 6.92 Å². The first-order valence-corrected chi connectivity index (χ1v) is 10.5. The topological polar surface area (TPSA) is 16.8 Å². The lowest BCUT2D eigenvalue weighted by Gasteiger charge is -2.19. The minimum Gasteiger partial charge on any atom is -0.233 e. The van der Waals surface area contributed by atoms with E-state index in [1.165, 1.54) is 0 Å². The largest absolute Gasteiger partial charge is 0.330 e. The van der Waals surface area contributed by atoms with Crippen molar-refractivity contribution in [3.63, 3.8) is 0 Å². The zero-order valence-corrected chi connectivity index (χ0v) is 14.3. The molecule has 0 saturated carbocycles. The number of aromatic nitrogens is 2. The van der Waals surface area contributed by atoms with Crippen molar-refractivity contribution >= 4 is 13.3 Å². The molecule has 21 heavy (non-hydrogen) atoms. The first-order chi connectivity index (χ1) is 12.5. The summed E-state index contributed by atoms with van der Waals surface area (Å²) in [6.45, 7) is 1.73. The molecule has 1 aromatic carbocycles. The molecule has 0 spiro atoms. The zero-order chi connectivity index (χ0) is 21.7. The Morgan fingerprint density at radius 1 is 1.24 bits per heavy atom. The summed E-state index contributed by atoms with van der Waals surface area (Å²) in [5, 5.41) is 0.564. The molecule has 0 unspecified atom stereocenters. The molecule has 3 heteroatoms. The molecular formula is C18H27N2Si+. The minimum absolute atomic E-state index is 0.164. The Labute approximate surface area is 139 Å². The SMILES string of the molecule is [2H]C([2H])([2H])C([2H])(c1nc(-c2ccccc2C)[n+](C)cc1[Si](C)(C)C)C([2H])([2H])[2H]. The maximum Gasteiger partial charge on any atom is 0.330 e. The van der Waals surface area contributed by atoms with E-state index in [4.69, 9.17) is 9.60 Å². The molecule has 0 fully saturated rings. The van der Waals surface area contributed by atoms with Gasteiger partial charge in [0.25, 0.3) is 0 Å². The fourth-order valence-corrected chi connectivity index (χ4v) is 3.85. The van der Waals surface area contributed by atoms with Gasteiger partial charge in [0.2, 0.25) is 0 Å². The second-order valence-electron chi connectivity index (χ2n) is 6.38. The monoisotopic (exact) mass is 306 g/mol. The average Bonchev–Trinajstić information content (AvgIpc) is 2.51. The Hall–Kier alpha value is -1.48. The Morgan fingerprint density at radius 3 is 2.48 bits per heavy atom. The third-order valence-electron chi connectivity index (χ3n) is 3.56. The summed E-state index contributed by atoms with van der Waals surface area (Å²) < 4.78 is 57.9. The maximum absolute atomic E-state index is 8.69. The van der Waals surface area contributed by atoms with Crippen molar-refractivity contribution in [2.75, 3.05) is 0 Å². The van der Waals surface area contributed by atoms with Crippen LogP contribution in [-0.2, 0) is 7.05 Å². The highest BCUT2D eigenvalue weighted by Gasteiger charge is 2.30. The van der Waals surface area contributed by atoms with E-state index in [9.17, 15) is 0 Å². The third kappa shape index (κ3) is 3.23. The molecule has 0 N–H and O–H groups in total. The quantitative estimate of drug-likeness (QED) is 0.626. The minimum atomic E-state index is -3.07. The van der Waals surface area contributed by atoms with E-state index >= 15 is 0 Å². The van der Waals surface area contributed by atoms with E-state index in [-0.39, 0.29) is 5.69 Å². The molecule has 0 atom stereocenters. The lowest BCUT2D eigenvalue weighted by molar-refractivity contribution is -0.662. The third-order valence-corrected chi connectivity index (χ3v) is 5.54. The molecule has 0 aliphatic rings. The summed E-state index contributed by atoms with van der Waals surface area (Å²) in [5.41, 5.74) is 1.53. The lowest BCUT2D eigenvalue weighted by Crippen LogP contribution is -2.48. The molecule has 2 nitrogen and oxygen atoms in total. The van der Waals surface area contributed by atoms with Crippen molar-refractivity contribution in [3.8, 4) is 11.4 Å². The predicted octanol–water partition coefficient (Wildman–Crippen LogP) is 3.55. The molecule has 0 amide bonds. The van der Waals surface area contributed by atoms with E-state index in [0.717, 1.165) is 11.1 Å². The van der Waals surface area contributed by atoms with Gasteiger partial charge in [-0.15, -0.1) is 0 Å². The van der Waals surface area contributed by atoms with Crippen LogP contribution in [0.1, 0.15) is 40.5 Å². The molecule has 0 radical (unpaired) electrons. The number of aryl methyl sites for hydroxylation is 2. The van der Waals surface area contributed by atoms with Gasteiger partial charge in [-0.2, -0.15) is 0 Å². The first-order valence-electron chi connectivity index (χ1n) is 10.5. The molecule has 0 bridgehead atoms. The highest BCUT2D eigenvalue weighted by molar-refractivity contribution is 6.88. The van der Waals surface area contributed by atoms with Gasteiger partial charge in [0.15, 0.2) is 5.69 Å². The fourth-order valence-electron chi connectivity index (χ4n) is 2.37. The van der Waals surface area contributed by atoms with Crippen LogP contribution in [0.2, 0.25) is 19.6 Å². The van der Waals surface area contributed by atoms with Gasteiger partial charge in [-0.05, 0) is 23.5 Å². The number of rotatable bonds is 3. The smallest absolute Gasteiger partial charge is 0.233 e. The average molecular weight is 307 g/mol. The molecule has 2 aromatic rings. The van der Waals surface area contributed by atoms with E-state index in [1.807, 2.05) is 50.8 Å². The molecular weight excluding hydrogens is 272 g/mol. The number of nitrogens with zero attached hydrogens (tertiary/aromatic N) is 2. The second kappa shape index (κ2) is 5.72. The van der Waals surface area contributed by atoms with Crippen LogP contribution in [0.3, 0.4) is 0 Å². The van der Waals surface area contributed by atoms with Crippen LogP contribution in [0.15, 0.2) is 30.5 Å². The highest BCUT2D eigenvalue weighted by atomic mass is 28.3. The van der Waals surface area contributed by atoms with Crippen molar-refractivity contribution in [2.24, 2.45) is 7.05 Å². The molecule has 1 heterocycles. The van der Waals surface area contributed by atoms with E-state index in [0.29, 0.717) is 11.0 Å². The van der Waals surface area contributed by atoms with Crippen molar-refractivity contribution in [1.82, 2.24) is 4.98 Å².